The van der Waals surface area contributed by atoms with Gasteiger partial charge < -0.3 is 20.5 Å². The van der Waals surface area contributed by atoms with Crippen molar-refractivity contribution in [2.75, 3.05) is 26.4 Å². The summed E-state index contributed by atoms with van der Waals surface area (Å²) in [7, 11) is 0. The van der Waals surface area contributed by atoms with Crippen LogP contribution in [-0.4, -0.2) is 43.2 Å². The second-order valence-electron chi connectivity index (χ2n) is 4.58. The largest absolute Gasteiger partial charge is 0.473 e. The molecule has 1 saturated heterocycles. The van der Waals surface area contributed by atoms with Crippen LogP contribution in [-0.2, 0) is 9.47 Å². The number of hydrogen-bond donors (Lipinski definition) is 3. The number of ether oxygens (including phenoxy) is 2. The van der Waals surface area contributed by atoms with Crippen molar-refractivity contribution in [3.8, 4) is 0 Å². The van der Waals surface area contributed by atoms with Gasteiger partial charge in [-0.25, -0.2) is 0 Å². The van der Waals surface area contributed by atoms with Gasteiger partial charge in [-0.1, -0.05) is 0 Å². The molecule has 20 heavy (non-hydrogen) atoms. The number of nitrogens with one attached hydrogen (secondary N) is 2. The van der Waals surface area contributed by atoms with Gasteiger partial charge in [-0.15, -0.1) is 0 Å². The third-order valence-electron chi connectivity index (χ3n) is 2.99. The molecule has 0 bridgehead atoms. The van der Waals surface area contributed by atoms with Crippen molar-refractivity contribution in [1.29, 1.82) is 5.41 Å². The molecule has 0 spiro atoms. The average molecular weight is 286 g/mol. The van der Waals surface area contributed by atoms with E-state index in [4.69, 9.17) is 20.6 Å². The molecule has 1 fully saturated rings. The topological polar surface area (TPSA) is 124 Å². The van der Waals surface area contributed by atoms with Crippen LogP contribution in [0.15, 0.2) is 11.4 Å². The predicted octanol–water partition coefficient (Wildman–Crippen LogP) is 0.606. The van der Waals surface area contributed by atoms with Crippen LogP contribution < -0.4 is 11.1 Å². The molecule has 0 radical (unpaired) electrons. The second kappa shape index (κ2) is 8.49. The van der Waals surface area contributed by atoms with E-state index in [0.29, 0.717) is 31.9 Å². The van der Waals surface area contributed by atoms with Crippen LogP contribution in [0.5, 0.6) is 0 Å². The lowest BCUT2D eigenvalue weighted by Crippen LogP contribution is -2.35. The molecule has 8 heteroatoms. The van der Waals surface area contributed by atoms with Gasteiger partial charge in [0.25, 0.3) is 5.90 Å². The highest BCUT2D eigenvalue weighted by Crippen LogP contribution is 2.12. The molecule has 1 aliphatic heterocycles. The number of nitrogens with two attached hydrogens (primary N) is 1. The molecule has 8 nitrogen and oxygen atoms in total. The van der Waals surface area contributed by atoms with Gasteiger partial charge in [0, 0.05) is 19.3 Å². The van der Waals surface area contributed by atoms with Crippen molar-refractivity contribution in [2.24, 2.45) is 5.73 Å². The SMILES string of the molecule is C/C(NC1CCOCC1)=C(/C(=N)OCCCN)[N+](=O)[O-]. The first-order valence-electron chi connectivity index (χ1n) is 6.67. The molecular formula is C12H22N4O4. The molecule has 0 aromatic rings. The Morgan fingerprint density at radius 2 is 2.20 bits per heavy atom. The van der Waals surface area contributed by atoms with E-state index >= 15 is 0 Å². The molecule has 0 saturated carbocycles. The van der Waals surface area contributed by atoms with E-state index in [1.807, 2.05) is 0 Å². The van der Waals surface area contributed by atoms with Crippen LogP contribution in [0, 0.1) is 15.5 Å². The molecule has 1 rings (SSSR count). The molecule has 0 aromatic heterocycles. The van der Waals surface area contributed by atoms with E-state index in [1.54, 1.807) is 6.92 Å². The Balaban J connectivity index is 2.67. The Hall–Kier alpha value is -1.67. The Kier molecular flexibility index (Phi) is 6.96. The monoisotopic (exact) mass is 286 g/mol. The van der Waals surface area contributed by atoms with Crippen LogP contribution >= 0.6 is 0 Å². The Bertz CT molecular complexity index is 378. The zero-order valence-corrected chi connectivity index (χ0v) is 11.7. The summed E-state index contributed by atoms with van der Waals surface area (Å²) in [6.45, 7) is 3.50. The van der Waals surface area contributed by atoms with E-state index in [9.17, 15) is 10.1 Å². The molecule has 1 aliphatic rings. The molecule has 0 amide bonds. The quantitative estimate of drug-likeness (QED) is 0.207. The maximum absolute atomic E-state index is 11.1. The summed E-state index contributed by atoms with van der Waals surface area (Å²) < 4.78 is 10.3. The standard InChI is InChI=1S/C12H22N4O4/c1-9(15-10-3-7-19-8-4-10)11(16(17)18)12(14)20-6-2-5-13/h10,14-15H,2-8,13H2,1H3/b11-9+,14-12?. The summed E-state index contributed by atoms with van der Waals surface area (Å²) in [5.74, 6) is -0.430. The van der Waals surface area contributed by atoms with Crippen LogP contribution in [0.1, 0.15) is 26.2 Å². The zero-order chi connectivity index (χ0) is 15.0. The molecule has 0 unspecified atom stereocenters. The maximum Gasteiger partial charge on any atom is 0.348 e. The predicted molar refractivity (Wildman–Crippen MR) is 74.0 cm³/mol. The van der Waals surface area contributed by atoms with Crippen LogP contribution in [0.4, 0.5) is 0 Å². The number of nitro groups is 1. The van der Waals surface area contributed by atoms with Gasteiger partial charge in [0.05, 0.1) is 17.2 Å². The minimum atomic E-state index is -0.591. The fraction of sp³-hybridized carbons (Fsp3) is 0.750. The third kappa shape index (κ3) is 5.14. The van der Waals surface area contributed by atoms with E-state index in [1.165, 1.54) is 0 Å². The number of allylic oxidation sites excluding steroid dienone is 1. The van der Waals surface area contributed by atoms with Crippen molar-refractivity contribution in [2.45, 2.75) is 32.2 Å². The highest BCUT2D eigenvalue weighted by atomic mass is 16.6. The lowest BCUT2D eigenvalue weighted by Gasteiger charge is -2.24. The van der Waals surface area contributed by atoms with Gasteiger partial charge in [0.1, 0.15) is 0 Å². The van der Waals surface area contributed by atoms with Gasteiger partial charge in [-0.2, -0.15) is 0 Å². The lowest BCUT2D eigenvalue weighted by molar-refractivity contribution is -0.418. The summed E-state index contributed by atoms with van der Waals surface area (Å²) in [6.07, 6.45) is 2.15. The maximum atomic E-state index is 11.1. The molecule has 4 N–H and O–H groups in total. The van der Waals surface area contributed by atoms with Crippen molar-refractivity contribution < 1.29 is 14.4 Å². The van der Waals surface area contributed by atoms with Crippen molar-refractivity contribution in [1.82, 2.24) is 5.32 Å². The smallest absolute Gasteiger partial charge is 0.348 e. The van der Waals surface area contributed by atoms with Gasteiger partial charge >= 0.3 is 5.70 Å². The first-order valence-corrected chi connectivity index (χ1v) is 6.67. The van der Waals surface area contributed by atoms with Gasteiger partial charge in [-0.3, -0.25) is 15.5 Å². The van der Waals surface area contributed by atoms with E-state index in [2.05, 4.69) is 5.32 Å². The molecule has 0 atom stereocenters. The number of rotatable bonds is 7. The highest BCUT2D eigenvalue weighted by Gasteiger charge is 2.25. The number of hydrogen-bond acceptors (Lipinski definition) is 7. The lowest BCUT2D eigenvalue weighted by atomic mass is 10.1. The minimum Gasteiger partial charge on any atom is -0.473 e. The Morgan fingerprint density at radius 1 is 1.55 bits per heavy atom. The fourth-order valence-electron chi connectivity index (χ4n) is 1.93. The normalized spacial score (nSPS) is 17.3. The summed E-state index contributed by atoms with van der Waals surface area (Å²) >= 11 is 0. The highest BCUT2D eigenvalue weighted by molar-refractivity contribution is 5.89. The van der Waals surface area contributed by atoms with Crippen LogP contribution in [0.3, 0.4) is 0 Å². The van der Waals surface area contributed by atoms with Crippen molar-refractivity contribution in [3.63, 3.8) is 0 Å². The van der Waals surface area contributed by atoms with E-state index in [-0.39, 0.29) is 18.3 Å². The minimum absolute atomic E-state index is 0.135. The summed E-state index contributed by atoms with van der Waals surface area (Å²) in [6, 6.07) is 0.135. The fourth-order valence-corrected chi connectivity index (χ4v) is 1.93. The molecule has 1 heterocycles. The van der Waals surface area contributed by atoms with Gasteiger partial charge in [0.15, 0.2) is 0 Å². The Morgan fingerprint density at radius 3 is 2.75 bits per heavy atom. The molecule has 0 aromatic carbocycles. The average Bonchev–Trinajstić information content (AvgIpc) is 2.39. The van der Waals surface area contributed by atoms with Crippen molar-refractivity contribution in [3.05, 3.63) is 21.5 Å². The molecular weight excluding hydrogens is 264 g/mol. The van der Waals surface area contributed by atoms with E-state index < -0.39 is 10.8 Å². The van der Waals surface area contributed by atoms with Gasteiger partial charge in [0.2, 0.25) is 0 Å². The zero-order valence-electron chi connectivity index (χ0n) is 11.7. The summed E-state index contributed by atoms with van der Waals surface area (Å²) in [5.41, 5.74) is 5.34. The summed E-state index contributed by atoms with van der Waals surface area (Å²) in [4.78, 5) is 10.5. The summed E-state index contributed by atoms with van der Waals surface area (Å²) in [5, 5.41) is 21.9. The molecule has 114 valence electrons. The first-order chi connectivity index (χ1) is 9.56. The van der Waals surface area contributed by atoms with E-state index in [0.717, 1.165) is 12.8 Å². The Labute approximate surface area is 118 Å². The van der Waals surface area contributed by atoms with Crippen LogP contribution in [0.2, 0.25) is 0 Å². The van der Waals surface area contributed by atoms with Gasteiger partial charge in [-0.05, 0) is 32.7 Å². The first kappa shape index (κ1) is 16.4. The second-order valence-corrected chi connectivity index (χ2v) is 4.58. The van der Waals surface area contributed by atoms with Crippen LogP contribution in [0.25, 0.3) is 0 Å². The molecule has 0 aliphatic carbocycles. The third-order valence-corrected chi connectivity index (χ3v) is 2.99. The number of nitrogens with zero attached hydrogens (tertiary/aromatic N) is 1. The van der Waals surface area contributed by atoms with Crippen molar-refractivity contribution >= 4 is 5.90 Å².